The Kier molecular flexibility index (Phi) is 2.66. The summed E-state index contributed by atoms with van der Waals surface area (Å²) >= 11 is 0. The van der Waals surface area contributed by atoms with E-state index in [1.807, 2.05) is 6.07 Å². The van der Waals surface area contributed by atoms with Crippen LogP contribution in [0.5, 0.6) is 0 Å². The molecule has 0 amide bonds. The minimum absolute atomic E-state index is 0.0235. The van der Waals surface area contributed by atoms with Crippen LogP contribution in [-0.4, -0.2) is 23.2 Å². The normalized spacial score (nSPS) is 9.80. The van der Waals surface area contributed by atoms with Gasteiger partial charge in [-0.15, -0.1) is 0 Å². The molecule has 0 atom stereocenters. The number of rotatable bonds is 1. The first kappa shape index (κ1) is 11.0. The summed E-state index contributed by atoms with van der Waals surface area (Å²) in [6.45, 7) is 0. The summed E-state index contributed by atoms with van der Waals surface area (Å²) in [5, 5.41) is 8.88. The highest BCUT2D eigenvalue weighted by atomic mass is 16.2. The average molecular weight is 208 g/mol. The van der Waals surface area contributed by atoms with E-state index in [0.717, 1.165) is 4.57 Å². The highest BCUT2D eigenvalue weighted by molar-refractivity contribution is 5.52. The molecule has 0 aliphatic carbocycles. The quantitative estimate of drug-likeness (QED) is 0.595. The molecular weight excluding hydrogens is 196 g/mol. The second-order valence-electron chi connectivity index (χ2n) is 3.41. The molecule has 6 nitrogen and oxygen atoms in total. The van der Waals surface area contributed by atoms with Crippen molar-refractivity contribution in [2.45, 2.75) is 0 Å². The molecule has 1 rings (SSSR count). The van der Waals surface area contributed by atoms with Crippen LogP contribution in [0.3, 0.4) is 0 Å². The van der Waals surface area contributed by atoms with E-state index >= 15 is 0 Å². The topological polar surface area (TPSA) is 71.0 Å². The van der Waals surface area contributed by atoms with Crippen LogP contribution >= 0.6 is 0 Å². The van der Waals surface area contributed by atoms with Gasteiger partial charge >= 0.3 is 5.69 Å². The van der Waals surface area contributed by atoms with Crippen LogP contribution in [0.2, 0.25) is 0 Å². The Morgan fingerprint density at radius 1 is 1.20 bits per heavy atom. The summed E-state index contributed by atoms with van der Waals surface area (Å²) in [5.74, 6) is 0.325. The highest BCUT2D eigenvalue weighted by Crippen LogP contribution is 2.09. The first-order valence-electron chi connectivity index (χ1n) is 4.29. The van der Waals surface area contributed by atoms with E-state index in [9.17, 15) is 9.59 Å². The van der Waals surface area contributed by atoms with Gasteiger partial charge in [-0.3, -0.25) is 13.9 Å². The number of hydrogen-bond donors (Lipinski definition) is 0. The molecule has 1 aromatic heterocycles. The van der Waals surface area contributed by atoms with E-state index in [0.29, 0.717) is 5.82 Å². The molecule has 1 heterocycles. The number of nitrogens with zero attached hydrogens (tertiary/aromatic N) is 4. The van der Waals surface area contributed by atoms with Crippen molar-refractivity contribution in [1.82, 2.24) is 9.13 Å². The summed E-state index contributed by atoms with van der Waals surface area (Å²) in [7, 11) is 6.23. The van der Waals surface area contributed by atoms with Crippen molar-refractivity contribution in [2.24, 2.45) is 14.1 Å². The molecule has 0 unspecified atom stereocenters. The summed E-state index contributed by atoms with van der Waals surface area (Å²) in [5.41, 5.74) is -1.03. The number of aromatic nitrogens is 2. The van der Waals surface area contributed by atoms with Crippen LogP contribution in [0, 0.1) is 11.3 Å². The van der Waals surface area contributed by atoms with Gasteiger partial charge < -0.3 is 4.90 Å². The average Bonchev–Trinajstić information content (AvgIpc) is 2.19. The van der Waals surface area contributed by atoms with Gasteiger partial charge in [0.05, 0.1) is 0 Å². The SMILES string of the molecule is CN(C)c1c(C#N)c(=O)n(C)c(=O)n1C. The molecule has 0 fully saturated rings. The molecule has 0 aliphatic heterocycles. The van der Waals surface area contributed by atoms with E-state index in [1.54, 1.807) is 19.0 Å². The maximum absolute atomic E-state index is 11.6. The lowest BCUT2D eigenvalue weighted by atomic mass is 10.3. The maximum Gasteiger partial charge on any atom is 0.332 e. The van der Waals surface area contributed by atoms with Crippen LogP contribution in [0.4, 0.5) is 5.82 Å². The highest BCUT2D eigenvalue weighted by Gasteiger charge is 2.16. The fraction of sp³-hybridized carbons (Fsp3) is 0.444. The van der Waals surface area contributed by atoms with Gasteiger partial charge in [-0.2, -0.15) is 5.26 Å². The molecule has 0 N–H and O–H groups in total. The fourth-order valence-corrected chi connectivity index (χ4v) is 1.45. The van der Waals surface area contributed by atoms with Crippen LogP contribution in [0.25, 0.3) is 0 Å². The zero-order chi connectivity index (χ0) is 11.7. The van der Waals surface area contributed by atoms with Crippen LogP contribution in [0.15, 0.2) is 9.59 Å². The van der Waals surface area contributed by atoms with Gasteiger partial charge in [0.15, 0.2) is 5.56 Å². The maximum atomic E-state index is 11.6. The van der Waals surface area contributed by atoms with Gasteiger partial charge in [0.25, 0.3) is 5.56 Å². The Hall–Kier alpha value is -2.03. The zero-order valence-electron chi connectivity index (χ0n) is 9.11. The first-order chi connectivity index (χ1) is 6.91. The minimum atomic E-state index is -0.565. The number of hydrogen-bond acceptors (Lipinski definition) is 4. The Balaban J connectivity index is 3.90. The van der Waals surface area contributed by atoms with Gasteiger partial charge in [-0.1, -0.05) is 0 Å². The van der Waals surface area contributed by atoms with Crippen molar-refractivity contribution in [3.8, 4) is 6.07 Å². The third kappa shape index (κ3) is 1.52. The molecule has 15 heavy (non-hydrogen) atoms. The van der Waals surface area contributed by atoms with Gasteiger partial charge in [0, 0.05) is 28.2 Å². The van der Waals surface area contributed by atoms with Gasteiger partial charge in [0.2, 0.25) is 0 Å². The monoisotopic (exact) mass is 208 g/mol. The smallest absolute Gasteiger partial charge is 0.332 e. The van der Waals surface area contributed by atoms with E-state index in [-0.39, 0.29) is 5.56 Å². The largest absolute Gasteiger partial charge is 0.363 e. The van der Waals surface area contributed by atoms with Gasteiger partial charge in [-0.25, -0.2) is 4.79 Å². The van der Waals surface area contributed by atoms with Crippen molar-refractivity contribution in [2.75, 3.05) is 19.0 Å². The molecule has 0 spiro atoms. The molecular formula is C9H12N4O2. The lowest BCUT2D eigenvalue weighted by Gasteiger charge is -2.18. The lowest BCUT2D eigenvalue weighted by Crippen LogP contribution is -2.41. The molecule has 1 aromatic rings. The second-order valence-corrected chi connectivity index (χ2v) is 3.41. The van der Waals surface area contributed by atoms with E-state index < -0.39 is 11.2 Å². The first-order valence-corrected chi connectivity index (χ1v) is 4.29. The Bertz CT molecular complexity index is 545. The predicted molar refractivity (Wildman–Crippen MR) is 56.0 cm³/mol. The van der Waals surface area contributed by atoms with Crippen LogP contribution in [-0.2, 0) is 14.1 Å². The molecule has 0 aliphatic rings. The Morgan fingerprint density at radius 2 is 1.73 bits per heavy atom. The van der Waals surface area contributed by atoms with Gasteiger partial charge in [0.1, 0.15) is 11.9 Å². The second kappa shape index (κ2) is 3.61. The molecule has 6 heteroatoms. The third-order valence-corrected chi connectivity index (χ3v) is 2.17. The number of nitriles is 1. The van der Waals surface area contributed by atoms with Crippen LogP contribution in [0.1, 0.15) is 5.56 Å². The van der Waals surface area contributed by atoms with Crippen molar-refractivity contribution < 1.29 is 0 Å². The minimum Gasteiger partial charge on any atom is -0.363 e. The van der Waals surface area contributed by atoms with E-state index in [4.69, 9.17) is 5.26 Å². The zero-order valence-corrected chi connectivity index (χ0v) is 9.11. The molecule has 0 saturated carbocycles. The summed E-state index contributed by atoms with van der Waals surface area (Å²) < 4.78 is 2.20. The van der Waals surface area contributed by atoms with Gasteiger partial charge in [-0.05, 0) is 0 Å². The standard InChI is InChI=1S/C9H12N4O2/c1-11(2)7-6(5-10)8(14)13(4)9(15)12(7)3/h1-4H3. The molecule has 0 aromatic carbocycles. The summed E-state index contributed by atoms with van der Waals surface area (Å²) in [6.07, 6.45) is 0. The predicted octanol–water partition coefficient (Wildman–Crippen LogP) is -0.978. The number of anilines is 1. The van der Waals surface area contributed by atoms with Crippen molar-refractivity contribution in [1.29, 1.82) is 5.26 Å². The molecule has 0 radical (unpaired) electrons. The van der Waals surface area contributed by atoms with Crippen molar-refractivity contribution in [3.63, 3.8) is 0 Å². The Morgan fingerprint density at radius 3 is 2.13 bits per heavy atom. The fourth-order valence-electron chi connectivity index (χ4n) is 1.45. The van der Waals surface area contributed by atoms with Crippen LogP contribution < -0.4 is 16.1 Å². The summed E-state index contributed by atoms with van der Waals surface area (Å²) in [4.78, 5) is 24.7. The molecule has 0 bridgehead atoms. The molecule has 80 valence electrons. The van der Waals surface area contributed by atoms with Crippen molar-refractivity contribution >= 4 is 5.82 Å². The summed E-state index contributed by atoms with van der Waals surface area (Å²) in [6, 6.07) is 1.82. The van der Waals surface area contributed by atoms with E-state index in [1.165, 1.54) is 18.7 Å². The lowest BCUT2D eigenvalue weighted by molar-refractivity contribution is 0.677. The third-order valence-electron chi connectivity index (χ3n) is 2.17. The Labute approximate surface area is 86.6 Å². The van der Waals surface area contributed by atoms with Crippen molar-refractivity contribution in [3.05, 3.63) is 26.4 Å². The van der Waals surface area contributed by atoms with E-state index in [2.05, 4.69) is 0 Å². The molecule has 0 saturated heterocycles.